The summed E-state index contributed by atoms with van der Waals surface area (Å²) < 4.78 is 8.15. The highest BCUT2D eigenvalue weighted by Gasteiger charge is 2.38. The van der Waals surface area contributed by atoms with E-state index < -0.39 is 33.3 Å². The number of amides is 1. The second-order valence-electron chi connectivity index (χ2n) is 6.10. The Morgan fingerprint density at radius 2 is 1.15 bits per heavy atom. The summed E-state index contributed by atoms with van der Waals surface area (Å²) in [6, 6.07) is 0. The molecule has 0 unspecified atom stereocenters. The minimum atomic E-state index is -1.27. The first-order valence-electron chi connectivity index (χ1n) is 6.98. The van der Waals surface area contributed by atoms with E-state index in [9.17, 15) is 14.4 Å². The SMILES string of the molecule is CC(C)(NC(=O)C(Br)(Br)Br)C(=O)OCCOC(=O)C(C)(C)NC(Br)(Br)Br. The first-order valence-corrected chi connectivity index (χ1v) is 11.7. The number of hydrogen-bond donors (Lipinski definition) is 2. The van der Waals surface area contributed by atoms with E-state index in [0.29, 0.717) is 0 Å². The largest absolute Gasteiger partial charge is 0.461 e. The van der Waals surface area contributed by atoms with Crippen molar-refractivity contribution in [2.24, 2.45) is 0 Å². The van der Waals surface area contributed by atoms with Gasteiger partial charge in [-0.05, 0) is 123 Å². The molecule has 0 heterocycles. The third kappa shape index (κ3) is 10.7. The molecular weight excluding hydrogens is 744 g/mol. The van der Waals surface area contributed by atoms with Gasteiger partial charge >= 0.3 is 11.9 Å². The molecule has 0 fully saturated rings. The van der Waals surface area contributed by atoms with Crippen molar-refractivity contribution >= 4 is 113 Å². The molecule has 0 aromatic heterocycles. The van der Waals surface area contributed by atoms with Crippen LogP contribution in [-0.4, -0.2) is 46.5 Å². The molecule has 0 bridgehead atoms. The van der Waals surface area contributed by atoms with Crippen LogP contribution in [0.2, 0.25) is 0 Å². The van der Waals surface area contributed by atoms with Gasteiger partial charge in [-0.15, -0.1) is 0 Å². The van der Waals surface area contributed by atoms with Crippen LogP contribution >= 0.6 is 95.6 Å². The maximum absolute atomic E-state index is 12.1. The lowest BCUT2D eigenvalue weighted by atomic mass is 10.1. The van der Waals surface area contributed by atoms with Crippen molar-refractivity contribution in [2.75, 3.05) is 13.2 Å². The number of hydrogen-bond acceptors (Lipinski definition) is 6. The van der Waals surface area contributed by atoms with Crippen molar-refractivity contribution in [3.8, 4) is 0 Å². The Morgan fingerprint density at radius 3 is 1.50 bits per heavy atom. The van der Waals surface area contributed by atoms with Gasteiger partial charge < -0.3 is 14.8 Å². The van der Waals surface area contributed by atoms with Gasteiger partial charge in [-0.2, -0.15) is 0 Å². The van der Waals surface area contributed by atoms with E-state index in [0.717, 1.165) is 0 Å². The Hall–Kier alpha value is 1.25. The van der Waals surface area contributed by atoms with Crippen molar-refractivity contribution in [1.82, 2.24) is 10.6 Å². The monoisotopic (exact) mass is 756 g/mol. The van der Waals surface area contributed by atoms with E-state index in [2.05, 4.69) is 106 Å². The third-order valence-corrected chi connectivity index (χ3v) is 4.38. The molecule has 0 aromatic carbocycles. The molecule has 0 rings (SSSR count). The fraction of sp³-hybridized carbons (Fsp3) is 0.769. The van der Waals surface area contributed by atoms with Gasteiger partial charge in [0.2, 0.25) is 2.14 Å². The summed E-state index contributed by atoms with van der Waals surface area (Å²) in [6.45, 7) is 5.97. The summed E-state index contributed by atoms with van der Waals surface area (Å²) >= 11 is 18.9. The molecule has 1 amide bonds. The maximum atomic E-state index is 12.1. The molecule has 0 saturated carbocycles. The van der Waals surface area contributed by atoms with Crippen LogP contribution in [0.25, 0.3) is 0 Å². The van der Waals surface area contributed by atoms with Crippen molar-refractivity contribution in [1.29, 1.82) is 0 Å². The van der Waals surface area contributed by atoms with Gasteiger partial charge in [-0.1, -0.05) is 0 Å². The van der Waals surface area contributed by atoms with E-state index in [4.69, 9.17) is 9.47 Å². The predicted molar refractivity (Wildman–Crippen MR) is 120 cm³/mol. The number of rotatable bonds is 7. The molecule has 0 saturated heterocycles. The van der Waals surface area contributed by atoms with E-state index in [-0.39, 0.29) is 13.2 Å². The van der Waals surface area contributed by atoms with Gasteiger partial charge in [0.25, 0.3) is 5.91 Å². The maximum Gasteiger partial charge on any atom is 0.331 e. The first-order chi connectivity index (χ1) is 11.4. The number of alkyl halides is 6. The average molecular weight is 762 g/mol. The van der Waals surface area contributed by atoms with Gasteiger partial charge in [-0.3, -0.25) is 14.9 Å². The van der Waals surface area contributed by atoms with Gasteiger partial charge in [0.15, 0.2) is 2.27 Å². The Kier molecular flexibility index (Phi) is 10.8. The van der Waals surface area contributed by atoms with Crippen LogP contribution in [0.15, 0.2) is 0 Å². The predicted octanol–water partition coefficient (Wildman–Crippen LogP) is 3.97. The summed E-state index contributed by atoms with van der Waals surface area (Å²) in [5.41, 5.74) is -2.29. The van der Waals surface area contributed by atoms with Gasteiger partial charge in [0.05, 0.1) is 0 Å². The minimum absolute atomic E-state index is 0.126. The summed E-state index contributed by atoms with van der Waals surface area (Å²) in [4.78, 5) is 36.1. The van der Waals surface area contributed by atoms with Crippen LogP contribution in [0.3, 0.4) is 0 Å². The second kappa shape index (κ2) is 10.3. The Balaban J connectivity index is 4.45. The highest BCUT2D eigenvalue weighted by Crippen LogP contribution is 2.34. The molecule has 0 spiro atoms. The molecule has 0 aliphatic rings. The van der Waals surface area contributed by atoms with Crippen molar-refractivity contribution in [2.45, 2.75) is 43.2 Å². The lowest BCUT2D eigenvalue weighted by Crippen LogP contribution is -2.54. The Labute approximate surface area is 202 Å². The van der Waals surface area contributed by atoms with E-state index in [1.54, 1.807) is 13.8 Å². The highest BCUT2D eigenvalue weighted by atomic mass is 80.0. The number of ether oxygens (including phenoxy) is 2. The zero-order chi connectivity index (χ0) is 21.0. The minimum Gasteiger partial charge on any atom is -0.461 e. The summed E-state index contributed by atoms with van der Waals surface area (Å²) in [6.07, 6.45) is 0. The molecular formula is C13H18Br6N2O5. The summed E-state index contributed by atoms with van der Waals surface area (Å²) in [7, 11) is 0. The van der Waals surface area contributed by atoms with Crippen LogP contribution in [0.1, 0.15) is 27.7 Å². The lowest BCUT2D eigenvalue weighted by Gasteiger charge is -2.29. The average Bonchev–Trinajstić information content (AvgIpc) is 2.38. The second-order valence-corrected chi connectivity index (χ2v) is 19.6. The highest BCUT2D eigenvalue weighted by molar-refractivity contribution is 9.40. The molecule has 152 valence electrons. The molecule has 13 heteroatoms. The van der Waals surface area contributed by atoms with E-state index >= 15 is 0 Å². The topological polar surface area (TPSA) is 93.7 Å². The molecule has 26 heavy (non-hydrogen) atoms. The van der Waals surface area contributed by atoms with Gasteiger partial charge in [0.1, 0.15) is 24.3 Å². The summed E-state index contributed by atoms with van der Waals surface area (Å²) in [5, 5.41) is 5.42. The molecule has 0 aromatic rings. The first kappa shape index (κ1) is 27.2. The van der Waals surface area contributed by atoms with Gasteiger partial charge in [0, 0.05) is 0 Å². The fourth-order valence-electron chi connectivity index (χ4n) is 1.44. The third-order valence-electron chi connectivity index (χ3n) is 2.71. The van der Waals surface area contributed by atoms with Crippen LogP contribution in [0, 0.1) is 0 Å². The lowest BCUT2D eigenvalue weighted by molar-refractivity contribution is -0.159. The molecule has 7 nitrogen and oxygen atoms in total. The number of esters is 2. The van der Waals surface area contributed by atoms with Crippen molar-refractivity contribution < 1.29 is 23.9 Å². The number of carbonyl (C=O) groups excluding carboxylic acids is 3. The molecule has 2 N–H and O–H groups in total. The molecule has 0 aliphatic heterocycles. The van der Waals surface area contributed by atoms with Crippen LogP contribution in [0.4, 0.5) is 0 Å². The number of nitrogens with one attached hydrogen (secondary N) is 2. The zero-order valence-corrected chi connectivity index (χ0v) is 23.7. The van der Waals surface area contributed by atoms with Crippen LogP contribution in [0.5, 0.6) is 0 Å². The van der Waals surface area contributed by atoms with Crippen molar-refractivity contribution in [3.05, 3.63) is 0 Å². The molecule has 0 atom stereocenters. The molecule has 0 radical (unpaired) electrons. The number of halogens is 6. The molecule has 0 aliphatic carbocycles. The van der Waals surface area contributed by atoms with Crippen LogP contribution < -0.4 is 10.6 Å². The normalized spacial score (nSPS) is 13.2. The van der Waals surface area contributed by atoms with Gasteiger partial charge in [-0.25, -0.2) is 4.79 Å². The zero-order valence-electron chi connectivity index (χ0n) is 14.2. The Morgan fingerprint density at radius 1 is 0.769 bits per heavy atom. The Bertz CT molecular complexity index is 542. The standard InChI is InChI=1S/C13H18Br6N2O5/c1-10(2,20-7(22)12(14,15)16)8(23)25-5-6-26-9(24)11(3,4)21-13(17,18)19/h21H,5-6H2,1-4H3,(H,20,22). The van der Waals surface area contributed by atoms with Crippen LogP contribution in [-0.2, 0) is 23.9 Å². The van der Waals surface area contributed by atoms with E-state index in [1.165, 1.54) is 13.8 Å². The smallest absolute Gasteiger partial charge is 0.331 e. The van der Waals surface area contributed by atoms with E-state index in [1.807, 2.05) is 0 Å². The number of carbonyl (C=O) groups is 3. The quantitative estimate of drug-likeness (QED) is 0.177. The van der Waals surface area contributed by atoms with Crippen molar-refractivity contribution in [3.63, 3.8) is 0 Å². The fourth-order valence-corrected chi connectivity index (χ4v) is 3.22. The summed E-state index contributed by atoms with van der Waals surface area (Å²) in [5.74, 6) is -1.72.